The Hall–Kier alpha value is -3.33. The van der Waals surface area contributed by atoms with E-state index in [1.54, 1.807) is 41.3 Å². The normalized spacial score (nSPS) is 12.6. The maximum atomic E-state index is 12.3. The van der Waals surface area contributed by atoms with Gasteiger partial charge in [0.2, 0.25) is 5.91 Å². The molecule has 0 radical (unpaired) electrons. The van der Waals surface area contributed by atoms with Gasteiger partial charge in [0.05, 0.1) is 23.9 Å². The average Bonchev–Trinajstić information content (AvgIpc) is 2.61. The number of carbonyl (C=O) groups excluding carboxylic acids is 2. The number of benzene rings is 2. The first kappa shape index (κ1) is 15.6. The van der Waals surface area contributed by atoms with Crippen LogP contribution in [0.15, 0.2) is 42.5 Å². The molecule has 6 nitrogen and oxygen atoms in total. The van der Waals surface area contributed by atoms with Crippen molar-refractivity contribution >= 4 is 23.2 Å². The Labute approximate surface area is 139 Å². The minimum atomic E-state index is -0.321. The van der Waals surface area contributed by atoms with Gasteiger partial charge in [-0.3, -0.25) is 9.59 Å². The van der Waals surface area contributed by atoms with Gasteiger partial charge in [0.15, 0.2) is 0 Å². The van der Waals surface area contributed by atoms with E-state index in [1.165, 1.54) is 13.0 Å². The van der Waals surface area contributed by atoms with E-state index in [4.69, 9.17) is 10.00 Å². The van der Waals surface area contributed by atoms with E-state index in [9.17, 15) is 9.59 Å². The van der Waals surface area contributed by atoms with E-state index in [0.29, 0.717) is 41.4 Å². The lowest BCUT2D eigenvalue weighted by molar-refractivity contribution is -0.116. The van der Waals surface area contributed by atoms with Crippen molar-refractivity contribution in [2.45, 2.75) is 6.92 Å². The Morgan fingerprint density at radius 3 is 2.83 bits per heavy atom. The van der Waals surface area contributed by atoms with Crippen molar-refractivity contribution in [2.24, 2.45) is 0 Å². The summed E-state index contributed by atoms with van der Waals surface area (Å²) in [6, 6.07) is 13.6. The molecule has 24 heavy (non-hydrogen) atoms. The number of hydrogen-bond donors (Lipinski definition) is 1. The standard InChI is InChI=1S/C18H15N3O3/c1-12(22)21-7-8-24-17-6-5-15(10-16(17)21)20-18(23)14-4-2-3-13(9-14)11-19/h2-6,9-10H,7-8H2,1H3,(H,20,23). The summed E-state index contributed by atoms with van der Waals surface area (Å²) < 4.78 is 5.54. The highest BCUT2D eigenvalue weighted by molar-refractivity contribution is 6.05. The minimum Gasteiger partial charge on any atom is -0.490 e. The maximum Gasteiger partial charge on any atom is 0.255 e. The third-order valence-electron chi connectivity index (χ3n) is 3.71. The van der Waals surface area contributed by atoms with Gasteiger partial charge >= 0.3 is 0 Å². The third-order valence-corrected chi connectivity index (χ3v) is 3.71. The van der Waals surface area contributed by atoms with Crippen LogP contribution in [0.5, 0.6) is 5.75 Å². The Bertz CT molecular complexity index is 855. The van der Waals surface area contributed by atoms with Gasteiger partial charge < -0.3 is 15.0 Å². The lowest BCUT2D eigenvalue weighted by atomic mass is 10.1. The van der Waals surface area contributed by atoms with Crippen molar-refractivity contribution < 1.29 is 14.3 Å². The second kappa shape index (κ2) is 6.42. The van der Waals surface area contributed by atoms with E-state index in [2.05, 4.69) is 5.32 Å². The van der Waals surface area contributed by atoms with Crippen molar-refractivity contribution in [3.8, 4) is 11.8 Å². The molecular weight excluding hydrogens is 306 g/mol. The molecule has 6 heteroatoms. The largest absolute Gasteiger partial charge is 0.490 e. The molecule has 0 saturated carbocycles. The maximum absolute atomic E-state index is 12.3. The molecule has 2 amide bonds. The molecule has 120 valence electrons. The van der Waals surface area contributed by atoms with Crippen LogP contribution in [0.4, 0.5) is 11.4 Å². The van der Waals surface area contributed by atoms with E-state index < -0.39 is 0 Å². The number of rotatable bonds is 2. The lowest BCUT2D eigenvalue weighted by Gasteiger charge is -2.29. The van der Waals surface area contributed by atoms with Crippen LogP contribution in [-0.2, 0) is 4.79 Å². The first-order valence-electron chi connectivity index (χ1n) is 7.45. The second-order valence-corrected chi connectivity index (χ2v) is 5.35. The molecule has 0 saturated heterocycles. The predicted octanol–water partition coefficient (Wildman–Crippen LogP) is 2.56. The van der Waals surface area contributed by atoms with Crippen LogP contribution in [0.25, 0.3) is 0 Å². The van der Waals surface area contributed by atoms with Crippen LogP contribution < -0.4 is 15.0 Å². The molecule has 0 atom stereocenters. The summed E-state index contributed by atoms with van der Waals surface area (Å²) >= 11 is 0. The number of nitrogens with one attached hydrogen (secondary N) is 1. The highest BCUT2D eigenvalue weighted by Crippen LogP contribution is 2.34. The molecule has 1 aliphatic heterocycles. The molecule has 0 aliphatic carbocycles. The zero-order chi connectivity index (χ0) is 17.1. The van der Waals surface area contributed by atoms with Gasteiger partial charge in [-0.2, -0.15) is 5.26 Å². The molecule has 2 aromatic rings. The molecule has 0 fully saturated rings. The van der Waals surface area contributed by atoms with Gasteiger partial charge in [-0.15, -0.1) is 0 Å². The number of amides is 2. The van der Waals surface area contributed by atoms with Crippen molar-refractivity contribution in [2.75, 3.05) is 23.4 Å². The Balaban J connectivity index is 1.86. The number of ether oxygens (including phenoxy) is 1. The molecule has 0 aromatic heterocycles. The zero-order valence-corrected chi connectivity index (χ0v) is 13.1. The number of nitrogens with zero attached hydrogens (tertiary/aromatic N) is 2. The van der Waals surface area contributed by atoms with Gasteiger partial charge in [0, 0.05) is 18.2 Å². The van der Waals surface area contributed by atoms with Crippen LogP contribution in [0.3, 0.4) is 0 Å². The van der Waals surface area contributed by atoms with Crippen molar-refractivity contribution in [3.05, 3.63) is 53.6 Å². The molecule has 2 aromatic carbocycles. The topological polar surface area (TPSA) is 82.4 Å². The summed E-state index contributed by atoms with van der Waals surface area (Å²) in [5.41, 5.74) is 2.01. The van der Waals surface area contributed by atoms with Crippen molar-refractivity contribution in [1.29, 1.82) is 5.26 Å². The van der Waals surface area contributed by atoms with E-state index in [-0.39, 0.29) is 11.8 Å². The Morgan fingerprint density at radius 1 is 1.25 bits per heavy atom. The Kier molecular flexibility index (Phi) is 4.17. The van der Waals surface area contributed by atoms with Gasteiger partial charge in [0.25, 0.3) is 5.91 Å². The lowest BCUT2D eigenvalue weighted by Crippen LogP contribution is -2.36. The highest BCUT2D eigenvalue weighted by Gasteiger charge is 2.21. The smallest absolute Gasteiger partial charge is 0.255 e. The molecule has 0 spiro atoms. The second-order valence-electron chi connectivity index (χ2n) is 5.35. The van der Waals surface area contributed by atoms with Gasteiger partial charge in [-0.05, 0) is 36.4 Å². The first-order valence-corrected chi connectivity index (χ1v) is 7.45. The first-order chi connectivity index (χ1) is 11.6. The molecule has 1 heterocycles. The predicted molar refractivity (Wildman–Crippen MR) is 89.1 cm³/mol. The zero-order valence-electron chi connectivity index (χ0n) is 13.1. The number of hydrogen-bond acceptors (Lipinski definition) is 4. The minimum absolute atomic E-state index is 0.0789. The summed E-state index contributed by atoms with van der Waals surface area (Å²) in [6.07, 6.45) is 0. The fourth-order valence-corrected chi connectivity index (χ4v) is 2.56. The van der Waals surface area contributed by atoms with Crippen LogP contribution in [0, 0.1) is 11.3 Å². The van der Waals surface area contributed by atoms with Crippen molar-refractivity contribution in [1.82, 2.24) is 0 Å². The molecule has 1 aliphatic rings. The fourth-order valence-electron chi connectivity index (χ4n) is 2.56. The summed E-state index contributed by atoms with van der Waals surface area (Å²) in [5.74, 6) is 0.212. The summed E-state index contributed by atoms with van der Waals surface area (Å²) in [7, 11) is 0. The van der Waals surface area contributed by atoms with Crippen molar-refractivity contribution in [3.63, 3.8) is 0 Å². The van der Waals surface area contributed by atoms with E-state index >= 15 is 0 Å². The number of anilines is 2. The third kappa shape index (κ3) is 3.06. The monoisotopic (exact) mass is 321 g/mol. The summed E-state index contributed by atoms with van der Waals surface area (Å²) in [5, 5.41) is 11.7. The van der Waals surface area contributed by atoms with Crippen LogP contribution >= 0.6 is 0 Å². The Morgan fingerprint density at radius 2 is 2.08 bits per heavy atom. The molecular formula is C18H15N3O3. The van der Waals surface area contributed by atoms with E-state index in [0.717, 1.165) is 0 Å². The summed E-state index contributed by atoms with van der Waals surface area (Å²) in [6.45, 7) is 2.41. The van der Waals surface area contributed by atoms with Gasteiger partial charge in [0.1, 0.15) is 12.4 Å². The number of fused-ring (bicyclic) bond motifs is 1. The fraction of sp³-hybridized carbons (Fsp3) is 0.167. The SMILES string of the molecule is CC(=O)N1CCOc2ccc(NC(=O)c3cccc(C#N)c3)cc21. The number of carbonyl (C=O) groups is 2. The summed E-state index contributed by atoms with van der Waals surface area (Å²) in [4.78, 5) is 25.7. The highest BCUT2D eigenvalue weighted by atomic mass is 16.5. The molecule has 3 rings (SSSR count). The quantitative estimate of drug-likeness (QED) is 0.921. The van der Waals surface area contributed by atoms with Crippen LogP contribution in [0.2, 0.25) is 0 Å². The van der Waals surface area contributed by atoms with Gasteiger partial charge in [-0.1, -0.05) is 6.07 Å². The average molecular weight is 321 g/mol. The molecule has 1 N–H and O–H groups in total. The van der Waals surface area contributed by atoms with Crippen LogP contribution in [0.1, 0.15) is 22.8 Å². The van der Waals surface area contributed by atoms with Gasteiger partial charge in [-0.25, -0.2) is 0 Å². The van der Waals surface area contributed by atoms with Crippen LogP contribution in [-0.4, -0.2) is 25.0 Å². The molecule has 0 bridgehead atoms. The number of nitriles is 1. The van der Waals surface area contributed by atoms with E-state index in [1.807, 2.05) is 6.07 Å². The molecule has 0 unspecified atom stereocenters.